The Morgan fingerprint density at radius 3 is 2.45 bits per heavy atom. The van der Waals surface area contributed by atoms with Crippen molar-refractivity contribution in [2.24, 2.45) is 0 Å². The average molecular weight is 440 g/mol. The molecule has 0 saturated carbocycles. The predicted molar refractivity (Wildman–Crippen MR) is 117 cm³/mol. The van der Waals surface area contributed by atoms with Crippen LogP contribution in [0.2, 0.25) is 0 Å². The van der Waals surface area contributed by atoms with E-state index in [1.165, 1.54) is 13.4 Å². The molecule has 2 aromatic heterocycles. The third-order valence-electron chi connectivity index (χ3n) is 5.38. The molecule has 0 atom stereocenters. The molecular weight excluding hydrogens is 417 g/mol. The van der Waals surface area contributed by atoms with Crippen molar-refractivity contribution >= 4 is 15.5 Å². The SMILES string of the molecule is COc1ccc(C)c(F)c1CCc1ccc(-c2ccc(S(C)(=O)=O)cc2)c2nncn12. The van der Waals surface area contributed by atoms with Crippen LogP contribution in [-0.4, -0.2) is 36.4 Å². The van der Waals surface area contributed by atoms with Crippen molar-refractivity contribution in [2.45, 2.75) is 24.7 Å². The van der Waals surface area contributed by atoms with Crippen LogP contribution in [0.25, 0.3) is 16.8 Å². The number of pyridine rings is 1. The third-order valence-corrected chi connectivity index (χ3v) is 6.51. The average Bonchev–Trinajstić information content (AvgIpc) is 3.24. The van der Waals surface area contributed by atoms with Crippen molar-refractivity contribution in [2.75, 3.05) is 13.4 Å². The van der Waals surface area contributed by atoms with Crippen LogP contribution >= 0.6 is 0 Å². The number of hydrogen-bond donors (Lipinski definition) is 0. The lowest BCUT2D eigenvalue weighted by Crippen LogP contribution is -2.04. The van der Waals surface area contributed by atoms with Crippen LogP contribution in [0, 0.1) is 12.7 Å². The lowest BCUT2D eigenvalue weighted by atomic mass is 10.0. The van der Waals surface area contributed by atoms with Crippen molar-refractivity contribution in [3.05, 3.63) is 77.5 Å². The number of ether oxygens (including phenoxy) is 1. The van der Waals surface area contributed by atoms with E-state index in [0.717, 1.165) is 16.8 Å². The van der Waals surface area contributed by atoms with Gasteiger partial charge in [-0.2, -0.15) is 0 Å². The smallest absolute Gasteiger partial charge is 0.175 e. The molecule has 0 aliphatic rings. The van der Waals surface area contributed by atoms with Gasteiger partial charge in [-0.3, -0.25) is 4.40 Å². The highest BCUT2D eigenvalue weighted by atomic mass is 32.2. The van der Waals surface area contributed by atoms with Crippen molar-refractivity contribution in [3.8, 4) is 16.9 Å². The maximum atomic E-state index is 14.7. The van der Waals surface area contributed by atoms with Gasteiger partial charge in [0.1, 0.15) is 17.9 Å². The van der Waals surface area contributed by atoms with Crippen LogP contribution in [0.15, 0.2) is 59.8 Å². The molecule has 6 nitrogen and oxygen atoms in total. The minimum absolute atomic E-state index is 0.248. The summed E-state index contributed by atoms with van der Waals surface area (Å²) in [6, 6.07) is 14.1. The molecule has 0 amide bonds. The van der Waals surface area contributed by atoms with Gasteiger partial charge < -0.3 is 4.74 Å². The number of fused-ring (bicyclic) bond motifs is 1. The Labute approximate surface area is 180 Å². The first-order chi connectivity index (χ1) is 14.8. The first-order valence-corrected chi connectivity index (χ1v) is 11.6. The fourth-order valence-corrected chi connectivity index (χ4v) is 4.30. The van der Waals surface area contributed by atoms with E-state index < -0.39 is 9.84 Å². The molecule has 0 aliphatic heterocycles. The van der Waals surface area contributed by atoms with Crippen LogP contribution in [0.1, 0.15) is 16.8 Å². The zero-order valence-electron chi connectivity index (χ0n) is 17.5. The lowest BCUT2D eigenvalue weighted by molar-refractivity contribution is 0.403. The van der Waals surface area contributed by atoms with E-state index in [-0.39, 0.29) is 10.7 Å². The number of rotatable bonds is 6. The summed E-state index contributed by atoms with van der Waals surface area (Å²) in [5.74, 6) is 0.285. The summed E-state index contributed by atoms with van der Waals surface area (Å²) in [7, 11) is -1.72. The number of aryl methyl sites for hydroxylation is 2. The van der Waals surface area contributed by atoms with Crippen molar-refractivity contribution in [1.29, 1.82) is 0 Å². The van der Waals surface area contributed by atoms with Crippen LogP contribution in [0.3, 0.4) is 0 Å². The minimum atomic E-state index is -3.26. The Balaban J connectivity index is 1.67. The summed E-state index contributed by atoms with van der Waals surface area (Å²) in [6.07, 6.45) is 3.84. The largest absolute Gasteiger partial charge is 0.496 e. The van der Waals surface area contributed by atoms with E-state index in [1.807, 2.05) is 16.5 Å². The number of sulfone groups is 1. The Kier molecular flexibility index (Phi) is 5.49. The standard InChI is InChI=1S/C23H22FN3O3S/c1-15-4-13-21(30-2)20(22(15)24)12-8-17-7-11-19(23-26-25-14-27(17)23)16-5-9-18(10-6-16)31(3,28)29/h4-7,9-11,13-14H,8,12H2,1-3H3. The molecule has 160 valence electrons. The summed E-state index contributed by atoms with van der Waals surface area (Å²) in [4.78, 5) is 0.263. The summed E-state index contributed by atoms with van der Waals surface area (Å²) >= 11 is 0. The van der Waals surface area contributed by atoms with Gasteiger partial charge >= 0.3 is 0 Å². The number of methoxy groups -OCH3 is 1. The number of hydrogen-bond acceptors (Lipinski definition) is 5. The molecule has 0 N–H and O–H groups in total. The highest BCUT2D eigenvalue weighted by Gasteiger charge is 2.15. The monoisotopic (exact) mass is 439 g/mol. The number of aromatic nitrogens is 3. The molecule has 4 rings (SSSR count). The van der Waals surface area contributed by atoms with E-state index in [4.69, 9.17) is 4.74 Å². The molecule has 0 saturated heterocycles. The van der Waals surface area contributed by atoms with Crippen LogP contribution in [0.4, 0.5) is 4.39 Å². The molecule has 0 aliphatic carbocycles. The maximum Gasteiger partial charge on any atom is 0.175 e. The van der Waals surface area contributed by atoms with E-state index in [2.05, 4.69) is 10.2 Å². The van der Waals surface area contributed by atoms with Gasteiger partial charge in [0.15, 0.2) is 15.5 Å². The van der Waals surface area contributed by atoms with E-state index in [9.17, 15) is 12.8 Å². The summed E-state index contributed by atoms with van der Waals surface area (Å²) in [5.41, 5.74) is 4.38. The molecule has 2 heterocycles. The Hall–Kier alpha value is -3.26. The summed E-state index contributed by atoms with van der Waals surface area (Å²) in [5, 5.41) is 8.29. The summed E-state index contributed by atoms with van der Waals surface area (Å²) in [6.45, 7) is 1.74. The van der Waals surface area contributed by atoms with Crippen LogP contribution < -0.4 is 4.74 Å². The van der Waals surface area contributed by atoms with Gasteiger partial charge in [0.2, 0.25) is 0 Å². The van der Waals surface area contributed by atoms with E-state index >= 15 is 0 Å². The fourth-order valence-electron chi connectivity index (χ4n) is 3.67. The topological polar surface area (TPSA) is 73.6 Å². The molecule has 0 radical (unpaired) electrons. The number of halogens is 1. The molecule has 0 fully saturated rings. The second-order valence-electron chi connectivity index (χ2n) is 7.44. The van der Waals surface area contributed by atoms with E-state index in [1.54, 1.807) is 49.6 Å². The fraction of sp³-hybridized carbons (Fsp3) is 0.217. The van der Waals surface area contributed by atoms with Gasteiger partial charge in [0.05, 0.1) is 12.0 Å². The zero-order chi connectivity index (χ0) is 22.2. The molecule has 0 bridgehead atoms. The second kappa shape index (κ2) is 8.11. The van der Waals surface area contributed by atoms with E-state index in [0.29, 0.717) is 35.4 Å². The highest BCUT2D eigenvalue weighted by Crippen LogP contribution is 2.28. The lowest BCUT2D eigenvalue weighted by Gasteiger charge is -2.13. The maximum absolute atomic E-state index is 14.7. The van der Waals surface area contributed by atoms with Crippen molar-refractivity contribution in [1.82, 2.24) is 14.6 Å². The quantitative estimate of drug-likeness (QED) is 0.453. The van der Waals surface area contributed by atoms with Gasteiger partial charge in [-0.05, 0) is 61.2 Å². The normalized spacial score (nSPS) is 11.7. The van der Waals surface area contributed by atoms with Gasteiger partial charge in [-0.1, -0.05) is 18.2 Å². The third kappa shape index (κ3) is 4.03. The van der Waals surface area contributed by atoms with Gasteiger partial charge in [-0.15, -0.1) is 10.2 Å². The molecule has 0 unspecified atom stereocenters. The Morgan fingerprint density at radius 2 is 1.77 bits per heavy atom. The molecular formula is C23H22FN3O3S. The molecule has 31 heavy (non-hydrogen) atoms. The first-order valence-electron chi connectivity index (χ1n) is 9.73. The first kappa shape index (κ1) is 21.0. The minimum Gasteiger partial charge on any atom is -0.496 e. The second-order valence-corrected chi connectivity index (χ2v) is 9.45. The molecule has 4 aromatic rings. The van der Waals surface area contributed by atoms with Crippen molar-refractivity contribution < 1.29 is 17.5 Å². The molecule has 0 spiro atoms. The van der Waals surface area contributed by atoms with Crippen LogP contribution in [0.5, 0.6) is 5.75 Å². The van der Waals surface area contributed by atoms with Gasteiger partial charge in [-0.25, -0.2) is 12.8 Å². The van der Waals surface area contributed by atoms with Crippen LogP contribution in [-0.2, 0) is 22.7 Å². The van der Waals surface area contributed by atoms with Crippen molar-refractivity contribution in [3.63, 3.8) is 0 Å². The number of benzene rings is 2. The highest BCUT2D eigenvalue weighted by molar-refractivity contribution is 7.90. The molecule has 2 aromatic carbocycles. The molecule has 8 heteroatoms. The van der Waals surface area contributed by atoms with Gasteiger partial charge in [0, 0.05) is 23.1 Å². The Bertz CT molecular complexity index is 1360. The van der Waals surface area contributed by atoms with Gasteiger partial charge in [0.25, 0.3) is 0 Å². The zero-order valence-corrected chi connectivity index (χ0v) is 18.3. The predicted octanol–water partition coefficient (Wildman–Crippen LogP) is 4.04. The Morgan fingerprint density at radius 1 is 1.03 bits per heavy atom. The summed E-state index contributed by atoms with van der Waals surface area (Å²) < 4.78 is 45.3. The number of nitrogens with zero attached hydrogens (tertiary/aromatic N) is 3.